The van der Waals surface area contributed by atoms with Crippen molar-refractivity contribution in [3.63, 3.8) is 0 Å². The summed E-state index contributed by atoms with van der Waals surface area (Å²) in [6, 6.07) is 8.28. The highest BCUT2D eigenvalue weighted by Gasteiger charge is 2.22. The molecular formula is C18H23N3OS. The van der Waals surface area contributed by atoms with Gasteiger partial charge in [0, 0.05) is 11.4 Å². The molecule has 0 radical (unpaired) electrons. The van der Waals surface area contributed by atoms with E-state index in [4.69, 9.17) is 0 Å². The first kappa shape index (κ1) is 16.2. The van der Waals surface area contributed by atoms with Crippen LogP contribution in [-0.4, -0.2) is 27.7 Å². The van der Waals surface area contributed by atoms with Crippen LogP contribution in [0.25, 0.3) is 10.9 Å². The zero-order valence-corrected chi connectivity index (χ0v) is 14.5. The molecule has 1 heterocycles. The molecule has 2 unspecified atom stereocenters. The largest absolute Gasteiger partial charge is 0.352 e. The van der Waals surface area contributed by atoms with Gasteiger partial charge in [-0.25, -0.2) is 9.97 Å². The van der Waals surface area contributed by atoms with Crippen molar-refractivity contribution < 1.29 is 4.79 Å². The van der Waals surface area contributed by atoms with E-state index >= 15 is 0 Å². The van der Waals surface area contributed by atoms with Crippen LogP contribution in [0.5, 0.6) is 0 Å². The van der Waals surface area contributed by atoms with Crippen molar-refractivity contribution in [1.82, 2.24) is 15.3 Å². The number of nitrogens with zero attached hydrogens (tertiary/aromatic N) is 2. The third-order valence-electron chi connectivity index (χ3n) is 4.48. The number of amides is 1. The first-order valence-corrected chi connectivity index (χ1v) is 9.27. The molecule has 2 atom stereocenters. The summed E-state index contributed by atoms with van der Waals surface area (Å²) in [5.74, 6) is 1.84. The molecule has 1 N–H and O–H groups in total. The van der Waals surface area contributed by atoms with E-state index in [1.807, 2.05) is 31.2 Å². The van der Waals surface area contributed by atoms with Gasteiger partial charge in [0.1, 0.15) is 10.9 Å². The van der Waals surface area contributed by atoms with E-state index in [-0.39, 0.29) is 5.91 Å². The molecule has 0 bridgehead atoms. The quantitative estimate of drug-likeness (QED) is 0.686. The van der Waals surface area contributed by atoms with Crippen LogP contribution in [-0.2, 0) is 4.79 Å². The van der Waals surface area contributed by atoms with Crippen LogP contribution < -0.4 is 5.32 Å². The smallest absolute Gasteiger partial charge is 0.230 e. The summed E-state index contributed by atoms with van der Waals surface area (Å²) in [7, 11) is 0. The molecule has 0 aliphatic heterocycles. The van der Waals surface area contributed by atoms with Crippen molar-refractivity contribution in [2.24, 2.45) is 5.92 Å². The van der Waals surface area contributed by atoms with Gasteiger partial charge in [0.15, 0.2) is 0 Å². The highest BCUT2D eigenvalue weighted by molar-refractivity contribution is 8.00. The maximum atomic E-state index is 12.3. The topological polar surface area (TPSA) is 54.9 Å². The Morgan fingerprint density at radius 1 is 1.26 bits per heavy atom. The van der Waals surface area contributed by atoms with Gasteiger partial charge >= 0.3 is 0 Å². The maximum absolute atomic E-state index is 12.3. The normalized spacial score (nSPS) is 21.3. The van der Waals surface area contributed by atoms with E-state index in [1.165, 1.54) is 31.0 Å². The number of hydrogen-bond acceptors (Lipinski definition) is 4. The lowest BCUT2D eigenvalue weighted by Crippen LogP contribution is -2.41. The van der Waals surface area contributed by atoms with Gasteiger partial charge in [-0.05, 0) is 31.7 Å². The van der Waals surface area contributed by atoms with Crippen molar-refractivity contribution in [1.29, 1.82) is 0 Å². The van der Waals surface area contributed by atoms with Gasteiger partial charge in [0.25, 0.3) is 0 Å². The third-order valence-corrected chi connectivity index (χ3v) is 5.47. The first-order chi connectivity index (χ1) is 11.1. The molecule has 2 aromatic rings. The number of carbonyl (C=O) groups excluding carboxylic acids is 1. The van der Waals surface area contributed by atoms with Crippen molar-refractivity contribution in [3.05, 3.63) is 30.1 Å². The van der Waals surface area contributed by atoms with Crippen LogP contribution in [0.3, 0.4) is 0 Å². The molecule has 1 aliphatic carbocycles. The van der Waals surface area contributed by atoms with E-state index < -0.39 is 0 Å². The van der Waals surface area contributed by atoms with E-state index in [9.17, 15) is 4.79 Å². The van der Waals surface area contributed by atoms with E-state index in [2.05, 4.69) is 22.2 Å². The lowest BCUT2D eigenvalue weighted by atomic mass is 9.86. The predicted octanol–water partition coefficient (Wildman–Crippen LogP) is 3.73. The zero-order valence-electron chi connectivity index (χ0n) is 13.7. The molecule has 1 aromatic carbocycles. The molecular weight excluding hydrogens is 306 g/mol. The number of nitrogens with one attached hydrogen (secondary N) is 1. The monoisotopic (exact) mass is 329 g/mol. The second-order valence-corrected chi connectivity index (χ2v) is 7.28. The van der Waals surface area contributed by atoms with Gasteiger partial charge in [-0.3, -0.25) is 4.79 Å². The predicted molar refractivity (Wildman–Crippen MR) is 94.6 cm³/mol. The minimum Gasteiger partial charge on any atom is -0.352 e. The molecule has 1 saturated carbocycles. The Morgan fingerprint density at radius 3 is 2.87 bits per heavy atom. The summed E-state index contributed by atoms with van der Waals surface area (Å²) in [5.41, 5.74) is 0.934. The molecule has 1 aromatic heterocycles. The van der Waals surface area contributed by atoms with Gasteiger partial charge in [-0.2, -0.15) is 0 Å². The van der Waals surface area contributed by atoms with Crippen LogP contribution >= 0.6 is 11.8 Å². The highest BCUT2D eigenvalue weighted by Crippen LogP contribution is 2.26. The second kappa shape index (κ2) is 7.30. The van der Waals surface area contributed by atoms with Gasteiger partial charge < -0.3 is 5.32 Å². The first-order valence-electron chi connectivity index (χ1n) is 8.29. The Kier molecular flexibility index (Phi) is 5.16. The SMILES string of the molecule is Cc1nc(SCC(=O)NC2CCCCC2C)c2ccccc2n1. The number of aryl methyl sites for hydroxylation is 1. The molecule has 4 nitrogen and oxygen atoms in total. The van der Waals surface area contributed by atoms with Crippen molar-refractivity contribution in [2.45, 2.75) is 50.6 Å². The number of thioether (sulfide) groups is 1. The van der Waals surface area contributed by atoms with Gasteiger partial charge in [0.05, 0.1) is 11.3 Å². The standard InChI is InChI=1S/C18H23N3OS/c1-12-7-3-5-9-15(12)21-17(22)11-23-18-14-8-4-6-10-16(14)19-13(2)20-18/h4,6,8,10,12,15H,3,5,7,9,11H2,1-2H3,(H,21,22). The molecule has 0 saturated heterocycles. The van der Waals surface area contributed by atoms with E-state index in [1.54, 1.807) is 0 Å². The highest BCUT2D eigenvalue weighted by atomic mass is 32.2. The van der Waals surface area contributed by atoms with E-state index in [0.29, 0.717) is 17.7 Å². The fraction of sp³-hybridized carbons (Fsp3) is 0.500. The average molecular weight is 329 g/mol. The maximum Gasteiger partial charge on any atom is 0.230 e. The lowest BCUT2D eigenvalue weighted by molar-refractivity contribution is -0.119. The van der Waals surface area contributed by atoms with Gasteiger partial charge in [-0.1, -0.05) is 49.7 Å². The minimum atomic E-state index is 0.106. The Morgan fingerprint density at radius 2 is 2.04 bits per heavy atom. The van der Waals surface area contributed by atoms with Crippen LogP contribution in [0.1, 0.15) is 38.4 Å². The number of rotatable bonds is 4. The van der Waals surface area contributed by atoms with Gasteiger partial charge in [0.2, 0.25) is 5.91 Å². The lowest BCUT2D eigenvalue weighted by Gasteiger charge is -2.29. The Hall–Kier alpha value is -1.62. The van der Waals surface area contributed by atoms with Crippen LogP contribution in [0.4, 0.5) is 0 Å². The molecule has 3 rings (SSSR count). The van der Waals surface area contributed by atoms with Gasteiger partial charge in [-0.15, -0.1) is 0 Å². The summed E-state index contributed by atoms with van der Waals surface area (Å²) in [4.78, 5) is 21.2. The molecule has 1 amide bonds. The Balaban J connectivity index is 1.65. The third kappa shape index (κ3) is 4.02. The number of carbonyl (C=O) groups is 1. The zero-order chi connectivity index (χ0) is 16.2. The van der Waals surface area contributed by atoms with Crippen molar-refractivity contribution in [3.8, 4) is 0 Å². The fourth-order valence-corrected chi connectivity index (χ4v) is 4.06. The molecule has 1 aliphatic rings. The fourth-order valence-electron chi connectivity index (χ4n) is 3.18. The number of hydrogen-bond donors (Lipinski definition) is 1. The number of aromatic nitrogens is 2. The van der Waals surface area contributed by atoms with E-state index in [0.717, 1.165) is 28.2 Å². The van der Waals surface area contributed by atoms with Crippen LogP contribution in [0.2, 0.25) is 0 Å². The summed E-state index contributed by atoms with van der Waals surface area (Å²) >= 11 is 1.50. The molecule has 5 heteroatoms. The summed E-state index contributed by atoms with van der Waals surface area (Å²) in [5, 5.41) is 5.10. The van der Waals surface area contributed by atoms with Crippen LogP contribution in [0, 0.1) is 12.8 Å². The molecule has 0 spiro atoms. The number of para-hydroxylation sites is 1. The second-order valence-electron chi connectivity index (χ2n) is 6.32. The Labute approximate surface area is 141 Å². The average Bonchev–Trinajstić information content (AvgIpc) is 2.54. The molecule has 23 heavy (non-hydrogen) atoms. The Bertz CT molecular complexity index is 704. The summed E-state index contributed by atoms with van der Waals surface area (Å²) in [6.07, 6.45) is 4.83. The summed E-state index contributed by atoms with van der Waals surface area (Å²) < 4.78 is 0. The van der Waals surface area contributed by atoms with Crippen LogP contribution in [0.15, 0.2) is 29.3 Å². The number of fused-ring (bicyclic) bond motifs is 1. The molecule has 1 fully saturated rings. The minimum absolute atomic E-state index is 0.106. The number of benzene rings is 1. The molecule has 122 valence electrons. The van der Waals surface area contributed by atoms with Crippen molar-refractivity contribution in [2.75, 3.05) is 5.75 Å². The van der Waals surface area contributed by atoms with Crippen molar-refractivity contribution >= 4 is 28.6 Å². The summed E-state index contributed by atoms with van der Waals surface area (Å²) in [6.45, 7) is 4.12.